The minimum absolute atomic E-state index is 0.120. The van der Waals surface area contributed by atoms with Gasteiger partial charge in [0.2, 0.25) is 0 Å². The van der Waals surface area contributed by atoms with E-state index in [-0.39, 0.29) is 17.8 Å². The highest BCUT2D eigenvalue weighted by Crippen LogP contribution is 2.32. The second-order valence-corrected chi connectivity index (χ2v) is 4.78. The van der Waals surface area contributed by atoms with Crippen molar-refractivity contribution in [2.45, 2.75) is 39.2 Å². The smallest absolute Gasteiger partial charge is 0.441 e. The first-order chi connectivity index (χ1) is 8.63. The first-order valence-corrected chi connectivity index (χ1v) is 6.24. The molecule has 2 atom stereocenters. The number of hydrogen-bond donors (Lipinski definition) is 0. The minimum Gasteiger partial charge on any atom is -0.469 e. The Morgan fingerprint density at radius 2 is 2.22 bits per heavy atom. The fraction of sp³-hybridized carbons (Fsp3) is 0.750. The first kappa shape index (κ1) is 12.9. The molecule has 1 saturated carbocycles. The van der Waals surface area contributed by atoms with Crippen molar-refractivity contribution in [2.24, 2.45) is 11.8 Å². The molecule has 0 bridgehead atoms. The Morgan fingerprint density at radius 3 is 2.83 bits per heavy atom. The predicted molar refractivity (Wildman–Crippen MR) is 63.0 cm³/mol. The van der Waals surface area contributed by atoms with Gasteiger partial charge in [-0.3, -0.25) is 13.9 Å². The summed E-state index contributed by atoms with van der Waals surface area (Å²) < 4.78 is 10.9. The van der Waals surface area contributed by atoms with Gasteiger partial charge in [-0.15, -0.1) is 0 Å². The summed E-state index contributed by atoms with van der Waals surface area (Å²) in [5, 5.41) is 3.63. The summed E-state index contributed by atoms with van der Waals surface area (Å²) in [6.07, 6.45) is 3.87. The molecule has 2 unspecified atom stereocenters. The predicted octanol–water partition coefficient (Wildman–Crippen LogP) is 1.12. The van der Waals surface area contributed by atoms with Crippen LogP contribution in [0.5, 0.6) is 0 Å². The van der Waals surface area contributed by atoms with Gasteiger partial charge in [0.1, 0.15) is 0 Å². The van der Waals surface area contributed by atoms with E-state index in [2.05, 4.69) is 9.68 Å². The molecule has 0 aromatic carbocycles. The number of esters is 1. The molecule has 0 spiro atoms. The Bertz CT molecular complexity index is 477. The maximum Gasteiger partial charge on any atom is 0.441 e. The molecule has 18 heavy (non-hydrogen) atoms. The van der Waals surface area contributed by atoms with E-state index in [1.54, 1.807) is 6.92 Å². The largest absolute Gasteiger partial charge is 0.469 e. The lowest BCUT2D eigenvalue weighted by atomic mass is 9.79. The Morgan fingerprint density at radius 1 is 1.50 bits per heavy atom. The summed E-state index contributed by atoms with van der Waals surface area (Å²) in [5.74, 6) is -0.0790. The van der Waals surface area contributed by atoms with Crippen LogP contribution in [0.4, 0.5) is 0 Å². The maximum absolute atomic E-state index is 11.7. The summed E-state index contributed by atoms with van der Waals surface area (Å²) in [6, 6.07) is 0. The van der Waals surface area contributed by atoms with Crippen LogP contribution in [0.15, 0.2) is 9.32 Å². The van der Waals surface area contributed by atoms with Crippen molar-refractivity contribution in [3.8, 4) is 0 Å². The maximum atomic E-state index is 11.7. The molecule has 1 aliphatic carbocycles. The highest BCUT2D eigenvalue weighted by molar-refractivity contribution is 5.72. The zero-order valence-electron chi connectivity index (χ0n) is 10.7. The average Bonchev–Trinajstić information content (AvgIpc) is 2.70. The van der Waals surface area contributed by atoms with Crippen LogP contribution in [-0.4, -0.2) is 22.8 Å². The number of ether oxygens (including phenoxy) is 1. The molecule has 100 valence electrons. The fourth-order valence-electron chi connectivity index (χ4n) is 2.66. The van der Waals surface area contributed by atoms with Crippen LogP contribution in [-0.2, 0) is 16.1 Å². The SMILES string of the molecule is COC(=O)C1CCCCC1Cn1c(C)noc1=O. The molecule has 6 nitrogen and oxygen atoms in total. The molecule has 0 radical (unpaired) electrons. The Hall–Kier alpha value is -1.59. The van der Waals surface area contributed by atoms with Crippen molar-refractivity contribution in [3.05, 3.63) is 16.4 Å². The van der Waals surface area contributed by atoms with Crippen LogP contribution in [0.1, 0.15) is 31.5 Å². The first-order valence-electron chi connectivity index (χ1n) is 6.24. The molecule has 1 aliphatic rings. The topological polar surface area (TPSA) is 74.3 Å². The van der Waals surface area contributed by atoms with Crippen LogP contribution < -0.4 is 5.76 Å². The molecule has 1 fully saturated rings. The molecule has 0 saturated heterocycles. The molecule has 0 N–H and O–H groups in total. The monoisotopic (exact) mass is 254 g/mol. The molecule has 2 rings (SSSR count). The van der Waals surface area contributed by atoms with E-state index in [0.717, 1.165) is 25.7 Å². The lowest BCUT2D eigenvalue weighted by Gasteiger charge is -2.29. The van der Waals surface area contributed by atoms with Crippen LogP contribution in [0.3, 0.4) is 0 Å². The molecular formula is C12H18N2O4. The van der Waals surface area contributed by atoms with Crippen LogP contribution in [0.2, 0.25) is 0 Å². The van der Waals surface area contributed by atoms with Crippen molar-refractivity contribution in [2.75, 3.05) is 7.11 Å². The van der Waals surface area contributed by atoms with Crippen molar-refractivity contribution in [3.63, 3.8) is 0 Å². The van der Waals surface area contributed by atoms with E-state index in [1.807, 2.05) is 0 Å². The molecule has 6 heteroatoms. The van der Waals surface area contributed by atoms with Crippen LogP contribution >= 0.6 is 0 Å². The summed E-state index contributed by atoms with van der Waals surface area (Å²) in [5.41, 5.74) is 0. The van der Waals surface area contributed by atoms with Gasteiger partial charge in [-0.25, -0.2) is 4.79 Å². The highest BCUT2D eigenvalue weighted by Gasteiger charge is 2.32. The lowest BCUT2D eigenvalue weighted by molar-refractivity contribution is -0.148. The Kier molecular flexibility index (Phi) is 3.84. The van der Waals surface area contributed by atoms with E-state index in [9.17, 15) is 9.59 Å². The van der Waals surface area contributed by atoms with Gasteiger partial charge < -0.3 is 4.74 Å². The van der Waals surface area contributed by atoms with E-state index in [4.69, 9.17) is 4.74 Å². The second-order valence-electron chi connectivity index (χ2n) is 4.78. The fourth-order valence-corrected chi connectivity index (χ4v) is 2.66. The van der Waals surface area contributed by atoms with Gasteiger partial charge >= 0.3 is 11.7 Å². The molecule has 0 aliphatic heterocycles. The van der Waals surface area contributed by atoms with Gasteiger partial charge in [-0.1, -0.05) is 18.0 Å². The van der Waals surface area contributed by atoms with Gasteiger partial charge in [-0.05, 0) is 25.7 Å². The van der Waals surface area contributed by atoms with Crippen LogP contribution in [0.25, 0.3) is 0 Å². The summed E-state index contributed by atoms with van der Waals surface area (Å²) in [7, 11) is 1.41. The number of carbonyl (C=O) groups excluding carboxylic acids is 1. The number of nitrogens with zero attached hydrogens (tertiary/aromatic N) is 2. The number of aromatic nitrogens is 2. The Labute approximate surface area is 105 Å². The standard InChI is InChI=1S/C12H18N2O4/c1-8-13-18-12(16)14(8)7-9-5-3-4-6-10(9)11(15)17-2/h9-10H,3-7H2,1-2H3. The van der Waals surface area contributed by atoms with Gasteiger partial charge in [0.25, 0.3) is 0 Å². The number of rotatable bonds is 3. The highest BCUT2D eigenvalue weighted by atomic mass is 16.5. The third kappa shape index (κ3) is 2.47. The third-order valence-corrected chi connectivity index (χ3v) is 3.70. The van der Waals surface area contributed by atoms with Crippen molar-refractivity contribution >= 4 is 5.97 Å². The van der Waals surface area contributed by atoms with Crippen LogP contribution in [0, 0.1) is 18.8 Å². The second kappa shape index (κ2) is 5.37. The van der Waals surface area contributed by atoms with E-state index >= 15 is 0 Å². The normalized spacial score (nSPS) is 23.9. The van der Waals surface area contributed by atoms with Gasteiger partial charge in [0.15, 0.2) is 5.82 Å². The van der Waals surface area contributed by atoms with E-state index in [0.29, 0.717) is 12.4 Å². The molecule has 0 amide bonds. The van der Waals surface area contributed by atoms with Gasteiger partial charge in [0.05, 0.1) is 13.0 Å². The molecular weight excluding hydrogens is 236 g/mol. The number of carbonyl (C=O) groups is 1. The molecule has 1 aromatic rings. The average molecular weight is 254 g/mol. The van der Waals surface area contributed by atoms with Crippen molar-refractivity contribution < 1.29 is 14.1 Å². The summed E-state index contributed by atoms with van der Waals surface area (Å²) in [6.45, 7) is 2.20. The van der Waals surface area contributed by atoms with E-state index in [1.165, 1.54) is 11.7 Å². The summed E-state index contributed by atoms with van der Waals surface area (Å²) >= 11 is 0. The summed E-state index contributed by atoms with van der Waals surface area (Å²) in [4.78, 5) is 23.2. The number of hydrogen-bond acceptors (Lipinski definition) is 5. The Balaban J connectivity index is 2.15. The zero-order chi connectivity index (χ0) is 13.1. The zero-order valence-corrected chi connectivity index (χ0v) is 10.7. The lowest BCUT2D eigenvalue weighted by Crippen LogP contribution is -2.33. The number of aryl methyl sites for hydroxylation is 1. The quantitative estimate of drug-likeness (QED) is 0.756. The van der Waals surface area contributed by atoms with Crippen molar-refractivity contribution in [1.29, 1.82) is 0 Å². The van der Waals surface area contributed by atoms with Gasteiger partial charge in [0, 0.05) is 6.54 Å². The molecule has 1 heterocycles. The van der Waals surface area contributed by atoms with Gasteiger partial charge in [-0.2, -0.15) is 0 Å². The minimum atomic E-state index is -0.457. The van der Waals surface area contributed by atoms with Crippen molar-refractivity contribution in [1.82, 2.24) is 9.72 Å². The molecule has 1 aromatic heterocycles. The third-order valence-electron chi connectivity index (χ3n) is 3.70. The number of methoxy groups -OCH3 is 1. The van der Waals surface area contributed by atoms with E-state index < -0.39 is 5.76 Å².